The van der Waals surface area contributed by atoms with Crippen LogP contribution in [0.1, 0.15) is 15.9 Å². The molecular weight excluding hydrogens is 353 g/mol. The van der Waals surface area contributed by atoms with E-state index < -0.39 is 17.2 Å². The number of amides is 1. The van der Waals surface area contributed by atoms with Crippen LogP contribution < -0.4 is 10.9 Å². The van der Waals surface area contributed by atoms with E-state index in [1.54, 1.807) is 24.3 Å². The Morgan fingerprint density at radius 3 is 2.74 bits per heavy atom. The zero-order valence-corrected chi connectivity index (χ0v) is 14.6. The van der Waals surface area contributed by atoms with Crippen LogP contribution >= 0.6 is 0 Å². The molecule has 3 aromatic rings. The van der Waals surface area contributed by atoms with Crippen molar-refractivity contribution in [3.8, 4) is 5.75 Å². The minimum absolute atomic E-state index is 0.0972. The lowest BCUT2D eigenvalue weighted by Gasteiger charge is -2.14. The Morgan fingerprint density at radius 2 is 2.04 bits per heavy atom. The molecule has 140 valence electrons. The molecule has 8 heteroatoms. The number of ether oxygens (including phenoxy) is 1. The molecule has 0 atom stereocenters. The van der Waals surface area contributed by atoms with Gasteiger partial charge in [-0.15, -0.1) is 0 Å². The van der Waals surface area contributed by atoms with E-state index >= 15 is 0 Å². The Balaban J connectivity index is 2.12. The molecule has 27 heavy (non-hydrogen) atoms. The quantitative estimate of drug-likeness (QED) is 0.643. The summed E-state index contributed by atoms with van der Waals surface area (Å²) in [6, 6.07) is 8.93. The van der Waals surface area contributed by atoms with Gasteiger partial charge >= 0.3 is 0 Å². The van der Waals surface area contributed by atoms with Gasteiger partial charge in [-0.05, 0) is 29.8 Å². The van der Waals surface area contributed by atoms with Gasteiger partial charge < -0.3 is 19.7 Å². The summed E-state index contributed by atoms with van der Waals surface area (Å²) in [6.07, 6.45) is 1.46. The zero-order chi connectivity index (χ0) is 19.4. The van der Waals surface area contributed by atoms with Crippen LogP contribution in [-0.4, -0.2) is 40.8 Å². The van der Waals surface area contributed by atoms with Gasteiger partial charge in [0.25, 0.3) is 11.5 Å². The summed E-state index contributed by atoms with van der Waals surface area (Å²) in [5, 5.41) is 13.0. The summed E-state index contributed by atoms with van der Waals surface area (Å²) < 4.78 is 19.4. The molecule has 0 spiro atoms. The van der Waals surface area contributed by atoms with Crippen molar-refractivity contribution in [2.45, 2.75) is 6.54 Å². The fraction of sp³-hybridized carbons (Fsp3) is 0.211. The van der Waals surface area contributed by atoms with Gasteiger partial charge in [0.15, 0.2) is 5.75 Å². The molecule has 1 aromatic carbocycles. The van der Waals surface area contributed by atoms with Crippen LogP contribution in [0.5, 0.6) is 5.75 Å². The predicted octanol–water partition coefficient (Wildman–Crippen LogP) is 1.67. The van der Waals surface area contributed by atoms with E-state index in [2.05, 4.69) is 10.3 Å². The minimum Gasteiger partial charge on any atom is -0.505 e. The predicted molar refractivity (Wildman–Crippen MR) is 97.4 cm³/mol. The maximum atomic E-state index is 13.2. The number of methoxy groups -OCH3 is 1. The molecule has 0 radical (unpaired) electrons. The van der Waals surface area contributed by atoms with Crippen molar-refractivity contribution in [1.29, 1.82) is 0 Å². The number of hydrogen-bond acceptors (Lipinski definition) is 5. The maximum absolute atomic E-state index is 13.2. The molecule has 0 bridgehead atoms. The summed E-state index contributed by atoms with van der Waals surface area (Å²) in [7, 11) is 1.49. The van der Waals surface area contributed by atoms with Crippen molar-refractivity contribution in [3.05, 3.63) is 69.9 Å². The van der Waals surface area contributed by atoms with Crippen LogP contribution in [-0.2, 0) is 11.3 Å². The lowest BCUT2D eigenvalue weighted by atomic mass is 10.1. The molecular formula is C19H18FN3O4. The number of carbonyl (C=O) groups excluding carboxylic acids is 1. The topological polar surface area (TPSA) is 93.4 Å². The maximum Gasteiger partial charge on any atom is 0.268 e. The number of nitrogens with zero attached hydrogens (tertiary/aromatic N) is 2. The highest BCUT2D eigenvalue weighted by Crippen LogP contribution is 2.24. The summed E-state index contributed by atoms with van der Waals surface area (Å²) in [6.45, 7) is 0.550. The third kappa shape index (κ3) is 3.80. The number of benzene rings is 1. The summed E-state index contributed by atoms with van der Waals surface area (Å²) in [5.74, 6) is -1.57. The van der Waals surface area contributed by atoms with Crippen LogP contribution in [0.2, 0.25) is 0 Å². The molecule has 2 aromatic heterocycles. The molecule has 0 aliphatic carbocycles. The molecule has 7 nitrogen and oxygen atoms in total. The molecule has 1 amide bonds. The lowest BCUT2D eigenvalue weighted by Crippen LogP contribution is -2.35. The molecule has 2 heterocycles. The highest BCUT2D eigenvalue weighted by Gasteiger charge is 2.22. The summed E-state index contributed by atoms with van der Waals surface area (Å²) in [4.78, 5) is 29.5. The van der Waals surface area contributed by atoms with Crippen LogP contribution in [0.4, 0.5) is 4.39 Å². The Labute approximate surface area is 154 Å². The van der Waals surface area contributed by atoms with Gasteiger partial charge in [-0.1, -0.05) is 12.1 Å². The van der Waals surface area contributed by atoms with Crippen molar-refractivity contribution in [2.24, 2.45) is 0 Å². The number of nitrogens with one attached hydrogen (secondary N) is 1. The smallest absolute Gasteiger partial charge is 0.268 e. The van der Waals surface area contributed by atoms with Crippen LogP contribution in [0.25, 0.3) is 11.0 Å². The first kappa shape index (κ1) is 18.5. The number of rotatable bonds is 6. The fourth-order valence-corrected chi connectivity index (χ4v) is 2.75. The van der Waals surface area contributed by atoms with Crippen LogP contribution in [0.3, 0.4) is 0 Å². The molecule has 0 unspecified atom stereocenters. The van der Waals surface area contributed by atoms with Gasteiger partial charge in [0.05, 0.1) is 18.7 Å². The standard InChI is InChI=1S/C19H18FN3O4/c1-27-10-9-22-18(25)15-17(24)16-14(3-2-8-21-16)23(19(15)26)11-12-4-6-13(20)7-5-12/h2-8,24H,9-11H2,1H3,(H,22,25). The van der Waals surface area contributed by atoms with E-state index in [1.165, 1.54) is 30.0 Å². The summed E-state index contributed by atoms with van der Waals surface area (Å²) >= 11 is 0. The number of fused-ring (bicyclic) bond motifs is 1. The van der Waals surface area contributed by atoms with Crippen LogP contribution in [0, 0.1) is 5.82 Å². The second-order valence-electron chi connectivity index (χ2n) is 5.86. The fourth-order valence-electron chi connectivity index (χ4n) is 2.75. The number of halogens is 1. The van der Waals surface area contributed by atoms with Crippen molar-refractivity contribution in [3.63, 3.8) is 0 Å². The van der Waals surface area contributed by atoms with Gasteiger partial charge in [0.1, 0.15) is 16.9 Å². The average Bonchev–Trinajstić information content (AvgIpc) is 2.67. The number of aromatic hydroxyl groups is 1. The normalized spacial score (nSPS) is 10.9. The SMILES string of the molecule is COCCNC(=O)c1c(O)c2ncccc2n(Cc2ccc(F)cc2)c1=O. The second kappa shape index (κ2) is 7.96. The molecule has 3 rings (SSSR count). The van der Waals surface area contributed by atoms with Gasteiger partial charge in [0.2, 0.25) is 0 Å². The largest absolute Gasteiger partial charge is 0.505 e. The van der Waals surface area contributed by atoms with Crippen molar-refractivity contribution < 1.29 is 19.0 Å². The van der Waals surface area contributed by atoms with E-state index in [4.69, 9.17) is 4.74 Å². The van der Waals surface area contributed by atoms with Gasteiger partial charge in [-0.3, -0.25) is 14.6 Å². The lowest BCUT2D eigenvalue weighted by molar-refractivity contribution is 0.0932. The highest BCUT2D eigenvalue weighted by molar-refractivity contribution is 6.01. The van der Waals surface area contributed by atoms with Gasteiger partial charge in [0, 0.05) is 19.9 Å². The minimum atomic E-state index is -0.713. The Kier molecular flexibility index (Phi) is 5.46. The number of carbonyl (C=O) groups is 1. The third-order valence-corrected chi connectivity index (χ3v) is 4.07. The first-order chi connectivity index (χ1) is 13.0. The van der Waals surface area contributed by atoms with Crippen molar-refractivity contribution in [2.75, 3.05) is 20.3 Å². The third-order valence-electron chi connectivity index (χ3n) is 4.07. The number of hydrogen-bond donors (Lipinski definition) is 2. The first-order valence-corrected chi connectivity index (χ1v) is 8.25. The van der Waals surface area contributed by atoms with E-state index in [-0.39, 0.29) is 36.6 Å². The second-order valence-corrected chi connectivity index (χ2v) is 5.86. The van der Waals surface area contributed by atoms with E-state index in [0.717, 1.165) is 0 Å². The molecule has 0 saturated carbocycles. The Hall–Kier alpha value is -3.26. The summed E-state index contributed by atoms with van der Waals surface area (Å²) in [5.41, 5.74) is 0.126. The molecule has 0 saturated heterocycles. The van der Waals surface area contributed by atoms with Crippen molar-refractivity contribution in [1.82, 2.24) is 14.9 Å². The number of pyridine rings is 2. The van der Waals surface area contributed by atoms with E-state index in [9.17, 15) is 19.1 Å². The van der Waals surface area contributed by atoms with Crippen molar-refractivity contribution >= 4 is 16.9 Å². The Bertz CT molecular complexity index is 1030. The highest BCUT2D eigenvalue weighted by atomic mass is 19.1. The van der Waals surface area contributed by atoms with Gasteiger partial charge in [-0.2, -0.15) is 0 Å². The number of aromatic nitrogens is 2. The molecule has 0 aliphatic rings. The molecule has 0 fully saturated rings. The average molecular weight is 371 g/mol. The van der Waals surface area contributed by atoms with E-state index in [1.807, 2.05) is 0 Å². The van der Waals surface area contributed by atoms with Gasteiger partial charge in [-0.25, -0.2) is 4.39 Å². The van der Waals surface area contributed by atoms with E-state index in [0.29, 0.717) is 11.1 Å². The Morgan fingerprint density at radius 1 is 1.30 bits per heavy atom. The zero-order valence-electron chi connectivity index (χ0n) is 14.6. The monoisotopic (exact) mass is 371 g/mol. The van der Waals surface area contributed by atoms with Crippen LogP contribution in [0.15, 0.2) is 47.4 Å². The molecule has 2 N–H and O–H groups in total. The first-order valence-electron chi connectivity index (χ1n) is 8.25. The molecule has 0 aliphatic heterocycles.